The van der Waals surface area contributed by atoms with E-state index in [1.807, 2.05) is 0 Å². The lowest BCUT2D eigenvalue weighted by atomic mass is 10.1. The largest absolute Gasteiger partial charge is 0.416 e. The number of hydrogen-bond donors (Lipinski definition) is 1. The molecule has 0 saturated carbocycles. The minimum Gasteiger partial charge on any atom is -0.379 e. The topological polar surface area (TPSA) is 37.8 Å². The predicted molar refractivity (Wildman–Crippen MR) is 70.3 cm³/mol. The highest BCUT2D eigenvalue weighted by molar-refractivity contribution is 5.53. The first-order valence-electron chi connectivity index (χ1n) is 6.06. The lowest BCUT2D eigenvalue weighted by molar-refractivity contribution is -0.137. The number of rotatable bonds is 3. The standard InChI is InChI=1S/C14H14F3N3/c1-9-3-4-11(14(15,16)17)7-13(9)19-8-12-5-6-18-10(2)20-12/h3-7,19H,8H2,1-2H3. The van der Waals surface area contributed by atoms with Crippen LogP contribution in [0.25, 0.3) is 0 Å². The highest BCUT2D eigenvalue weighted by Gasteiger charge is 2.30. The predicted octanol–water partition coefficient (Wildman–Crippen LogP) is 3.72. The third-order valence-electron chi connectivity index (χ3n) is 2.86. The molecule has 0 radical (unpaired) electrons. The normalized spacial score (nSPS) is 11.4. The Bertz CT molecular complexity index is 609. The number of nitrogens with one attached hydrogen (secondary N) is 1. The van der Waals surface area contributed by atoms with E-state index in [9.17, 15) is 13.2 Å². The van der Waals surface area contributed by atoms with E-state index in [1.165, 1.54) is 6.07 Å². The summed E-state index contributed by atoms with van der Waals surface area (Å²) in [5, 5.41) is 2.98. The number of benzene rings is 1. The SMILES string of the molecule is Cc1nccc(CNc2cc(C(F)(F)F)ccc2C)n1. The number of halogens is 3. The van der Waals surface area contributed by atoms with Gasteiger partial charge in [0.2, 0.25) is 0 Å². The quantitative estimate of drug-likeness (QED) is 0.931. The van der Waals surface area contributed by atoms with E-state index in [-0.39, 0.29) is 0 Å². The average molecular weight is 281 g/mol. The summed E-state index contributed by atoms with van der Waals surface area (Å²) < 4.78 is 38.0. The molecular weight excluding hydrogens is 267 g/mol. The van der Waals surface area contributed by atoms with Crippen molar-refractivity contribution in [3.8, 4) is 0 Å². The van der Waals surface area contributed by atoms with Crippen molar-refractivity contribution in [2.75, 3.05) is 5.32 Å². The molecule has 0 unspecified atom stereocenters. The summed E-state index contributed by atoms with van der Waals surface area (Å²) in [5.41, 5.74) is 1.28. The highest BCUT2D eigenvalue weighted by atomic mass is 19.4. The van der Waals surface area contributed by atoms with Crippen LogP contribution in [0.3, 0.4) is 0 Å². The van der Waals surface area contributed by atoms with E-state index >= 15 is 0 Å². The molecule has 0 spiro atoms. The van der Waals surface area contributed by atoms with Gasteiger partial charge in [-0.1, -0.05) is 6.07 Å². The van der Waals surface area contributed by atoms with Crippen LogP contribution in [-0.2, 0) is 12.7 Å². The van der Waals surface area contributed by atoms with Gasteiger partial charge in [0.05, 0.1) is 17.8 Å². The molecule has 0 bridgehead atoms. The monoisotopic (exact) mass is 281 g/mol. The number of anilines is 1. The van der Waals surface area contributed by atoms with Crippen molar-refractivity contribution >= 4 is 5.69 Å². The molecule has 2 rings (SSSR count). The van der Waals surface area contributed by atoms with Crippen LogP contribution in [0.2, 0.25) is 0 Å². The maximum Gasteiger partial charge on any atom is 0.416 e. The van der Waals surface area contributed by atoms with Crippen molar-refractivity contribution in [1.82, 2.24) is 9.97 Å². The van der Waals surface area contributed by atoms with Crippen LogP contribution in [0.1, 0.15) is 22.6 Å². The molecule has 1 N–H and O–H groups in total. The average Bonchev–Trinajstić information content (AvgIpc) is 2.36. The fourth-order valence-corrected chi connectivity index (χ4v) is 1.78. The second-order valence-electron chi connectivity index (χ2n) is 4.48. The number of aryl methyl sites for hydroxylation is 2. The van der Waals surface area contributed by atoms with Crippen LogP contribution in [0.15, 0.2) is 30.5 Å². The summed E-state index contributed by atoms with van der Waals surface area (Å²) in [5.74, 6) is 0.630. The molecule has 0 fully saturated rings. The lowest BCUT2D eigenvalue weighted by Gasteiger charge is -2.13. The Balaban J connectivity index is 2.17. The number of alkyl halides is 3. The minimum atomic E-state index is -4.34. The maximum atomic E-state index is 12.7. The Labute approximate surface area is 114 Å². The van der Waals surface area contributed by atoms with Gasteiger partial charge in [-0.15, -0.1) is 0 Å². The molecular formula is C14H14F3N3. The molecule has 0 atom stereocenters. The molecule has 106 valence electrons. The first-order chi connectivity index (χ1) is 9.36. The Morgan fingerprint density at radius 3 is 2.55 bits per heavy atom. The molecule has 0 amide bonds. The third-order valence-corrected chi connectivity index (χ3v) is 2.86. The molecule has 0 saturated heterocycles. The Morgan fingerprint density at radius 2 is 1.90 bits per heavy atom. The van der Waals surface area contributed by atoms with Crippen molar-refractivity contribution in [2.24, 2.45) is 0 Å². The molecule has 1 aromatic heterocycles. The summed E-state index contributed by atoms with van der Waals surface area (Å²) in [4.78, 5) is 8.16. The van der Waals surface area contributed by atoms with E-state index in [0.717, 1.165) is 23.4 Å². The summed E-state index contributed by atoms with van der Waals surface area (Å²) >= 11 is 0. The van der Waals surface area contributed by atoms with Crippen LogP contribution in [0, 0.1) is 13.8 Å². The molecule has 1 aromatic carbocycles. The fourth-order valence-electron chi connectivity index (χ4n) is 1.78. The minimum absolute atomic E-state index is 0.353. The van der Waals surface area contributed by atoms with Crippen LogP contribution in [0.4, 0.5) is 18.9 Å². The summed E-state index contributed by atoms with van der Waals surface area (Å²) in [6.45, 7) is 3.87. The van der Waals surface area contributed by atoms with Gasteiger partial charge >= 0.3 is 6.18 Å². The first kappa shape index (κ1) is 14.3. The molecule has 0 aliphatic rings. The van der Waals surface area contributed by atoms with Gasteiger partial charge in [-0.3, -0.25) is 0 Å². The maximum absolute atomic E-state index is 12.7. The number of aromatic nitrogens is 2. The van der Waals surface area contributed by atoms with E-state index < -0.39 is 11.7 Å². The van der Waals surface area contributed by atoms with Crippen LogP contribution < -0.4 is 5.32 Å². The van der Waals surface area contributed by atoms with Gasteiger partial charge in [-0.25, -0.2) is 9.97 Å². The molecule has 0 aliphatic heterocycles. The second kappa shape index (κ2) is 5.48. The zero-order valence-electron chi connectivity index (χ0n) is 11.1. The Hall–Kier alpha value is -2.11. The lowest BCUT2D eigenvalue weighted by Crippen LogP contribution is -2.08. The molecule has 2 aromatic rings. The number of nitrogens with zero attached hydrogens (tertiary/aromatic N) is 2. The molecule has 3 nitrogen and oxygen atoms in total. The summed E-state index contributed by atoms with van der Waals surface area (Å²) in [7, 11) is 0. The van der Waals surface area contributed by atoms with Crippen LogP contribution in [0.5, 0.6) is 0 Å². The van der Waals surface area contributed by atoms with Crippen molar-refractivity contribution < 1.29 is 13.2 Å². The van der Waals surface area contributed by atoms with Crippen molar-refractivity contribution in [1.29, 1.82) is 0 Å². The summed E-state index contributed by atoms with van der Waals surface area (Å²) in [6, 6.07) is 5.37. The van der Waals surface area contributed by atoms with Gasteiger partial charge in [0.1, 0.15) is 5.82 Å². The second-order valence-corrected chi connectivity index (χ2v) is 4.48. The van der Waals surface area contributed by atoms with E-state index in [2.05, 4.69) is 15.3 Å². The molecule has 20 heavy (non-hydrogen) atoms. The van der Waals surface area contributed by atoms with Crippen molar-refractivity contribution in [3.05, 3.63) is 53.1 Å². The molecule has 1 heterocycles. The van der Waals surface area contributed by atoms with Crippen molar-refractivity contribution in [3.63, 3.8) is 0 Å². The van der Waals surface area contributed by atoms with Crippen LogP contribution >= 0.6 is 0 Å². The Kier molecular flexibility index (Phi) is 3.92. The zero-order valence-corrected chi connectivity index (χ0v) is 11.1. The zero-order chi connectivity index (χ0) is 14.8. The van der Waals surface area contributed by atoms with Gasteiger partial charge in [-0.2, -0.15) is 13.2 Å². The van der Waals surface area contributed by atoms with E-state index in [4.69, 9.17) is 0 Å². The van der Waals surface area contributed by atoms with Crippen LogP contribution in [-0.4, -0.2) is 9.97 Å². The highest BCUT2D eigenvalue weighted by Crippen LogP contribution is 2.32. The van der Waals surface area contributed by atoms with Gasteiger partial charge in [-0.05, 0) is 37.6 Å². The van der Waals surface area contributed by atoms with E-state index in [0.29, 0.717) is 18.1 Å². The van der Waals surface area contributed by atoms with Gasteiger partial charge in [0, 0.05) is 11.9 Å². The first-order valence-corrected chi connectivity index (χ1v) is 6.06. The molecule has 0 aliphatic carbocycles. The third kappa shape index (κ3) is 3.46. The van der Waals surface area contributed by atoms with Gasteiger partial charge in [0.25, 0.3) is 0 Å². The van der Waals surface area contributed by atoms with Crippen molar-refractivity contribution in [2.45, 2.75) is 26.6 Å². The Morgan fingerprint density at radius 1 is 1.15 bits per heavy atom. The fraction of sp³-hybridized carbons (Fsp3) is 0.286. The van der Waals surface area contributed by atoms with E-state index in [1.54, 1.807) is 26.1 Å². The van der Waals surface area contributed by atoms with Gasteiger partial charge in [0.15, 0.2) is 0 Å². The van der Waals surface area contributed by atoms with Gasteiger partial charge < -0.3 is 5.32 Å². The molecule has 6 heteroatoms. The smallest absolute Gasteiger partial charge is 0.379 e. The number of hydrogen-bond acceptors (Lipinski definition) is 3. The summed E-state index contributed by atoms with van der Waals surface area (Å²) in [6.07, 6.45) is -2.71.